The summed E-state index contributed by atoms with van der Waals surface area (Å²) in [6, 6.07) is 0. The number of rotatable bonds is 14. The Morgan fingerprint density at radius 2 is 1.80 bits per heavy atom. The van der Waals surface area contributed by atoms with Gasteiger partial charge in [-0.3, -0.25) is 4.79 Å². The van der Waals surface area contributed by atoms with E-state index in [4.69, 9.17) is 14.2 Å². The van der Waals surface area contributed by atoms with Crippen molar-refractivity contribution >= 4 is 17.7 Å². The number of allylic oxidation sites excluding steroid dienone is 2. The van der Waals surface area contributed by atoms with E-state index in [1.54, 1.807) is 18.9 Å². The van der Waals surface area contributed by atoms with Gasteiger partial charge in [0.2, 0.25) is 5.91 Å². The number of amides is 1. The minimum absolute atomic E-state index is 0.0229. The van der Waals surface area contributed by atoms with Gasteiger partial charge in [0, 0.05) is 36.7 Å². The van der Waals surface area contributed by atoms with E-state index in [9.17, 15) is 4.79 Å². The zero-order valence-corrected chi connectivity index (χ0v) is 24.5. The Hall–Kier alpha value is -0.820. The van der Waals surface area contributed by atoms with Crippen molar-refractivity contribution in [3.63, 3.8) is 0 Å². The molecule has 0 unspecified atom stereocenters. The second-order valence-electron chi connectivity index (χ2n) is 11.1. The molecule has 0 aromatic carbocycles. The summed E-state index contributed by atoms with van der Waals surface area (Å²) in [4.78, 5) is 12.8. The maximum absolute atomic E-state index is 12.8. The van der Waals surface area contributed by atoms with Gasteiger partial charge in [0.05, 0.1) is 24.6 Å². The fourth-order valence-electron chi connectivity index (χ4n) is 3.92. The van der Waals surface area contributed by atoms with Crippen molar-refractivity contribution in [3.8, 4) is 0 Å². The van der Waals surface area contributed by atoms with Crippen LogP contribution in [0, 0.1) is 11.3 Å². The monoisotopic (exact) mass is 511 g/mol. The molecule has 0 atom stereocenters. The molecule has 1 N–H and O–H groups in total. The van der Waals surface area contributed by atoms with Crippen LogP contribution in [0.25, 0.3) is 0 Å². The van der Waals surface area contributed by atoms with E-state index in [0.717, 1.165) is 43.2 Å². The third kappa shape index (κ3) is 13.3. The third-order valence-corrected chi connectivity index (χ3v) is 8.41. The predicted molar refractivity (Wildman–Crippen MR) is 150 cm³/mol. The Morgan fingerprint density at radius 1 is 1.14 bits per heavy atom. The Kier molecular flexibility index (Phi) is 15.5. The van der Waals surface area contributed by atoms with Crippen LogP contribution in [0.2, 0.25) is 0 Å². The molecule has 1 heterocycles. The quantitative estimate of drug-likeness (QED) is 0.203. The smallest absolute Gasteiger partial charge is 0.239 e. The molecule has 5 nitrogen and oxygen atoms in total. The van der Waals surface area contributed by atoms with Crippen molar-refractivity contribution < 1.29 is 19.0 Å². The highest BCUT2D eigenvalue weighted by Crippen LogP contribution is 2.34. The lowest BCUT2D eigenvalue weighted by atomic mass is 9.82. The van der Waals surface area contributed by atoms with E-state index in [1.165, 1.54) is 38.5 Å². The van der Waals surface area contributed by atoms with E-state index in [2.05, 4.69) is 32.7 Å². The molecule has 1 aliphatic carbocycles. The van der Waals surface area contributed by atoms with Crippen molar-refractivity contribution in [1.29, 1.82) is 0 Å². The molecule has 35 heavy (non-hydrogen) atoms. The van der Waals surface area contributed by atoms with Crippen LogP contribution in [0.15, 0.2) is 23.9 Å². The first-order chi connectivity index (χ1) is 16.5. The van der Waals surface area contributed by atoms with Gasteiger partial charge in [-0.25, -0.2) is 0 Å². The van der Waals surface area contributed by atoms with Crippen LogP contribution in [-0.4, -0.2) is 56.0 Å². The molecule has 0 bridgehead atoms. The van der Waals surface area contributed by atoms with Gasteiger partial charge in [0.25, 0.3) is 0 Å². The van der Waals surface area contributed by atoms with Gasteiger partial charge in [0.15, 0.2) is 0 Å². The average Bonchev–Trinajstić information content (AvgIpc) is 2.76. The van der Waals surface area contributed by atoms with Gasteiger partial charge in [-0.05, 0) is 51.2 Å². The summed E-state index contributed by atoms with van der Waals surface area (Å²) in [5, 5.41) is 3.51. The molecule has 0 radical (unpaired) electrons. The standard InChI is InChI=1S/C21H37NO4S.C8H16/c1-16(20(3,4)15-26-13-12-24-7)14-17(2)22-19(23)21(5,6)27-18-8-10-25-11-9-18;1-2-3-5-8-6-4-7-8/h14,18H,1,8-13,15H2,2-7H3,(H,22,23);8H,2-7H2,1H3/b17-14+;. The van der Waals surface area contributed by atoms with Crippen LogP contribution in [0.1, 0.15) is 92.9 Å². The SMILES string of the molecule is C=C(/C=C(\C)NC(=O)C(C)(C)SC1CCOCC1)C(C)(C)COCCOC.CCCCC1CCC1. The topological polar surface area (TPSA) is 56.8 Å². The predicted octanol–water partition coefficient (Wildman–Crippen LogP) is 6.92. The normalized spacial score (nSPS) is 17.9. The number of thioether (sulfide) groups is 1. The number of methoxy groups -OCH3 is 1. The number of carbonyl (C=O) groups is 1. The highest BCUT2D eigenvalue weighted by Gasteiger charge is 2.32. The molecule has 6 heteroatoms. The van der Waals surface area contributed by atoms with Crippen LogP contribution in [0.3, 0.4) is 0 Å². The lowest BCUT2D eigenvalue weighted by Gasteiger charge is -2.31. The van der Waals surface area contributed by atoms with Gasteiger partial charge >= 0.3 is 0 Å². The summed E-state index contributed by atoms with van der Waals surface area (Å²) >= 11 is 1.74. The average molecular weight is 512 g/mol. The maximum Gasteiger partial charge on any atom is 0.239 e. The van der Waals surface area contributed by atoms with Gasteiger partial charge in [0.1, 0.15) is 0 Å². The molecular weight excluding hydrogens is 458 g/mol. The summed E-state index contributed by atoms with van der Waals surface area (Å²) in [6.45, 7) is 19.7. The Morgan fingerprint density at radius 3 is 2.34 bits per heavy atom. The minimum atomic E-state index is -0.489. The number of carbonyl (C=O) groups excluding carboxylic acids is 1. The number of ether oxygens (including phenoxy) is 3. The molecule has 1 saturated carbocycles. The van der Waals surface area contributed by atoms with Gasteiger partial charge in [-0.1, -0.05) is 65.9 Å². The second kappa shape index (κ2) is 16.8. The Balaban J connectivity index is 0.000000642. The summed E-state index contributed by atoms with van der Waals surface area (Å²) < 4.78 is 15.6. The van der Waals surface area contributed by atoms with Crippen molar-refractivity contribution in [2.24, 2.45) is 11.3 Å². The van der Waals surface area contributed by atoms with Crippen molar-refractivity contribution in [1.82, 2.24) is 5.32 Å². The lowest BCUT2D eigenvalue weighted by molar-refractivity contribution is -0.121. The van der Waals surface area contributed by atoms with Crippen molar-refractivity contribution in [2.45, 2.75) is 103 Å². The number of hydrogen-bond donors (Lipinski definition) is 1. The van der Waals surface area contributed by atoms with Gasteiger partial charge < -0.3 is 19.5 Å². The third-order valence-electron chi connectivity index (χ3n) is 6.83. The zero-order chi connectivity index (χ0) is 26.3. The van der Waals surface area contributed by atoms with E-state index < -0.39 is 4.75 Å². The highest BCUT2D eigenvalue weighted by molar-refractivity contribution is 8.01. The van der Waals surface area contributed by atoms with Crippen LogP contribution >= 0.6 is 11.8 Å². The minimum Gasteiger partial charge on any atom is -0.382 e. The lowest BCUT2D eigenvalue weighted by Crippen LogP contribution is -2.41. The summed E-state index contributed by atoms with van der Waals surface area (Å²) in [7, 11) is 1.66. The molecule has 204 valence electrons. The van der Waals surface area contributed by atoms with Crippen molar-refractivity contribution in [2.75, 3.05) is 40.1 Å². The first kappa shape index (κ1) is 32.2. The van der Waals surface area contributed by atoms with Gasteiger partial charge in [-0.15, -0.1) is 11.8 Å². The molecule has 2 fully saturated rings. The molecular formula is C29H53NO4S. The van der Waals surface area contributed by atoms with E-state index in [1.807, 2.05) is 26.8 Å². The van der Waals surface area contributed by atoms with E-state index in [0.29, 0.717) is 25.1 Å². The summed E-state index contributed by atoms with van der Waals surface area (Å²) in [5.74, 6) is 1.16. The molecule has 1 amide bonds. The fraction of sp³-hybridized carbons (Fsp3) is 0.828. The second-order valence-corrected chi connectivity index (χ2v) is 13.0. The van der Waals surface area contributed by atoms with E-state index >= 15 is 0 Å². The number of nitrogens with one attached hydrogen (secondary N) is 1. The molecule has 1 aliphatic heterocycles. The molecule has 0 aromatic heterocycles. The van der Waals surface area contributed by atoms with E-state index in [-0.39, 0.29) is 11.3 Å². The molecule has 2 aliphatic rings. The number of hydrogen-bond acceptors (Lipinski definition) is 5. The number of unbranched alkanes of at least 4 members (excludes halogenated alkanes) is 1. The Labute approximate surface area is 220 Å². The molecule has 0 spiro atoms. The fourth-order valence-corrected chi connectivity index (χ4v) is 5.34. The molecule has 0 aromatic rings. The highest BCUT2D eigenvalue weighted by atomic mass is 32.2. The first-order valence-corrected chi connectivity index (χ1v) is 14.4. The van der Waals surface area contributed by atoms with Crippen LogP contribution in [-0.2, 0) is 19.0 Å². The largest absolute Gasteiger partial charge is 0.382 e. The van der Waals surface area contributed by atoms with Crippen LogP contribution < -0.4 is 5.32 Å². The molecule has 2 rings (SSSR count). The Bertz CT molecular complexity index is 649. The van der Waals surface area contributed by atoms with Gasteiger partial charge in [-0.2, -0.15) is 0 Å². The van der Waals surface area contributed by atoms with Crippen LogP contribution in [0.4, 0.5) is 0 Å². The van der Waals surface area contributed by atoms with Crippen molar-refractivity contribution in [3.05, 3.63) is 23.9 Å². The molecule has 1 saturated heterocycles. The zero-order valence-electron chi connectivity index (χ0n) is 23.7. The summed E-state index contributed by atoms with van der Waals surface area (Å²) in [5.41, 5.74) is 1.51. The summed E-state index contributed by atoms with van der Waals surface area (Å²) in [6.07, 6.45) is 12.9. The maximum atomic E-state index is 12.8. The first-order valence-electron chi connectivity index (χ1n) is 13.5. The van der Waals surface area contributed by atoms with Crippen LogP contribution in [0.5, 0.6) is 0 Å².